The smallest absolute Gasteiger partial charge is 0.497 e. The monoisotopic (exact) mass is 651 g/mol. The number of hydrogen-bond acceptors (Lipinski definition) is 13. The highest BCUT2D eigenvalue weighted by atomic mass is 19.1. The molecule has 2 aromatic carbocycles. The lowest BCUT2D eigenvalue weighted by atomic mass is 9.90. The van der Waals surface area contributed by atoms with Crippen LogP contribution < -0.4 is 19.9 Å². The molecule has 0 radical (unpaired) electrons. The molecule has 0 amide bonds. The summed E-state index contributed by atoms with van der Waals surface area (Å²) < 4.78 is 49.1. The first-order valence-corrected chi connectivity index (χ1v) is 14.3. The molecule has 15 nitrogen and oxygen atoms in total. The summed E-state index contributed by atoms with van der Waals surface area (Å²) in [5, 5.41) is 12.3. The Kier molecular flexibility index (Phi) is 11.6. The lowest BCUT2D eigenvalue weighted by Crippen LogP contribution is -2.17. The fourth-order valence-corrected chi connectivity index (χ4v) is 4.24. The largest absolute Gasteiger partial charge is 0.511 e. The van der Waals surface area contributed by atoms with E-state index in [1.54, 1.807) is 44.2 Å². The molecule has 1 atom stereocenters. The van der Waals surface area contributed by atoms with Crippen molar-refractivity contribution in [2.75, 3.05) is 27.1 Å². The minimum atomic E-state index is -0.950. The molecule has 0 fully saturated rings. The van der Waals surface area contributed by atoms with Gasteiger partial charge in [0, 0.05) is 36.5 Å². The molecule has 0 aliphatic rings. The Labute approximate surface area is 269 Å². The summed E-state index contributed by atoms with van der Waals surface area (Å²) in [4.78, 5) is 36.1. The second-order valence-corrected chi connectivity index (χ2v) is 10.1. The molecule has 2 aromatic heterocycles. The topological polar surface area (TPSA) is 196 Å². The van der Waals surface area contributed by atoms with Gasteiger partial charge in [-0.2, -0.15) is 4.98 Å². The van der Waals surface area contributed by atoms with Crippen LogP contribution in [0.25, 0.3) is 5.95 Å². The molecule has 0 bridgehead atoms. The molecule has 16 heteroatoms. The summed E-state index contributed by atoms with van der Waals surface area (Å²) in [5.41, 5.74) is 6.98. The molecule has 0 spiro atoms. The van der Waals surface area contributed by atoms with Gasteiger partial charge >= 0.3 is 18.1 Å². The molecule has 248 valence electrons. The third kappa shape index (κ3) is 9.35. The predicted molar refractivity (Wildman–Crippen MR) is 163 cm³/mol. The maximum absolute atomic E-state index is 16.3. The molecule has 0 unspecified atom stereocenters. The van der Waals surface area contributed by atoms with Gasteiger partial charge in [0.15, 0.2) is 17.4 Å². The van der Waals surface area contributed by atoms with E-state index in [9.17, 15) is 9.59 Å². The molecule has 0 saturated heterocycles. The van der Waals surface area contributed by atoms with Gasteiger partial charge in [-0.3, -0.25) is 10.2 Å². The third-order valence-corrected chi connectivity index (χ3v) is 6.35. The maximum Gasteiger partial charge on any atom is 0.511 e. The summed E-state index contributed by atoms with van der Waals surface area (Å²) >= 11 is 0. The predicted octanol–water partition coefficient (Wildman–Crippen LogP) is 3.70. The van der Waals surface area contributed by atoms with E-state index >= 15 is 4.39 Å². The number of aromatic nitrogens is 5. The Morgan fingerprint density at radius 1 is 1.04 bits per heavy atom. The van der Waals surface area contributed by atoms with Gasteiger partial charge in [-0.1, -0.05) is 24.3 Å². The van der Waals surface area contributed by atoms with Crippen LogP contribution in [-0.2, 0) is 25.4 Å². The second-order valence-electron chi connectivity index (χ2n) is 10.1. The molecule has 2 heterocycles. The molecule has 0 aliphatic carbocycles. The number of hydrogen-bond donors (Lipinski definition) is 2. The Morgan fingerprint density at radius 3 is 2.40 bits per heavy atom. The average molecular weight is 652 g/mol. The first-order chi connectivity index (χ1) is 22.5. The molecule has 4 aromatic rings. The van der Waals surface area contributed by atoms with Crippen molar-refractivity contribution >= 4 is 18.0 Å². The number of halogens is 1. The lowest BCUT2D eigenvalue weighted by Gasteiger charge is -2.19. The van der Waals surface area contributed by atoms with Crippen LogP contribution in [0.5, 0.6) is 17.5 Å². The molecule has 4 rings (SSSR count). The van der Waals surface area contributed by atoms with Crippen LogP contribution in [0, 0.1) is 11.2 Å². The first-order valence-electron chi connectivity index (χ1n) is 14.3. The van der Waals surface area contributed by atoms with E-state index in [2.05, 4.69) is 20.1 Å². The zero-order valence-electron chi connectivity index (χ0n) is 26.1. The molecule has 3 N–H and O–H groups in total. The van der Waals surface area contributed by atoms with Gasteiger partial charge in [-0.15, -0.1) is 9.78 Å². The number of methoxy groups -OCH3 is 1. The van der Waals surface area contributed by atoms with Gasteiger partial charge in [0.2, 0.25) is 6.79 Å². The number of nitrogens with one attached hydrogen (secondary N) is 1. The standard InChI is InChI=1S/C31H34FN7O8/c1-18(2)47-31(41)46-17-45-30-37-28(38-39(30)29-35-10-5-11-36-29)24(14-20-6-8-21(9-7-20)27(33)34)23-15-22(42-4)16-25(26(23)32)44-13-12-43-19(3)40/h5-11,15-16,18,24H,12-14,17H2,1-4H3,(H3,33,34)/t24-/m1/s1. The molecule has 0 saturated carbocycles. The van der Waals surface area contributed by atoms with E-state index < -0.39 is 36.8 Å². The zero-order valence-corrected chi connectivity index (χ0v) is 26.1. The second kappa shape index (κ2) is 16.0. The summed E-state index contributed by atoms with van der Waals surface area (Å²) in [6.07, 6.45) is 1.77. The van der Waals surface area contributed by atoms with Crippen molar-refractivity contribution in [3.05, 3.63) is 83.2 Å². The highest BCUT2D eigenvalue weighted by molar-refractivity contribution is 5.94. The zero-order chi connectivity index (χ0) is 33.9. The van der Waals surface area contributed by atoms with E-state index in [4.69, 9.17) is 39.6 Å². The minimum Gasteiger partial charge on any atom is -0.497 e. The Balaban J connectivity index is 1.78. The van der Waals surface area contributed by atoms with Gasteiger partial charge in [0.05, 0.1) is 19.1 Å². The van der Waals surface area contributed by atoms with E-state index in [0.29, 0.717) is 5.56 Å². The van der Waals surface area contributed by atoms with Crippen LogP contribution in [0.4, 0.5) is 9.18 Å². The number of nitrogen functional groups attached to an aromatic ring is 1. The molecule has 0 aliphatic heterocycles. The summed E-state index contributed by atoms with van der Waals surface area (Å²) in [5.74, 6) is -1.92. The van der Waals surface area contributed by atoms with Crippen molar-refractivity contribution in [1.82, 2.24) is 24.7 Å². The van der Waals surface area contributed by atoms with Crippen LogP contribution in [0.3, 0.4) is 0 Å². The normalized spacial score (nSPS) is 11.4. The van der Waals surface area contributed by atoms with Gasteiger partial charge in [-0.05, 0) is 38.0 Å². The number of benzene rings is 2. The highest BCUT2D eigenvalue weighted by Crippen LogP contribution is 2.37. The van der Waals surface area contributed by atoms with Gasteiger partial charge in [0.1, 0.15) is 24.8 Å². The quantitative estimate of drug-likeness (QED) is 0.0621. The summed E-state index contributed by atoms with van der Waals surface area (Å²) in [7, 11) is 1.42. The fraction of sp³-hybridized carbons (Fsp3) is 0.323. The maximum atomic E-state index is 16.3. The summed E-state index contributed by atoms with van der Waals surface area (Å²) in [6, 6.07) is 11.2. The molecular formula is C31H34FN7O8. The van der Waals surface area contributed by atoms with Crippen molar-refractivity contribution < 1.29 is 42.4 Å². The number of amidine groups is 1. The van der Waals surface area contributed by atoms with Crippen molar-refractivity contribution in [3.8, 4) is 23.5 Å². The van der Waals surface area contributed by atoms with Gasteiger partial charge in [-0.25, -0.2) is 19.2 Å². The van der Waals surface area contributed by atoms with Crippen LogP contribution in [0.2, 0.25) is 0 Å². The number of carbonyl (C=O) groups is 2. The SMILES string of the molecule is COc1cc(OCCOC(C)=O)c(F)c([C@@H](Cc2ccc(C(=N)N)cc2)c2nc(OCOC(=O)OC(C)C)n(-c3ncccn3)n2)c1. The number of esters is 1. The Hall–Kier alpha value is -5.80. The van der Waals surface area contributed by atoms with Gasteiger partial charge in [0.25, 0.3) is 5.95 Å². The van der Waals surface area contributed by atoms with Crippen molar-refractivity contribution in [3.63, 3.8) is 0 Å². The minimum absolute atomic E-state index is 0.0798. The van der Waals surface area contributed by atoms with Crippen molar-refractivity contribution in [1.29, 1.82) is 5.41 Å². The van der Waals surface area contributed by atoms with Crippen molar-refractivity contribution in [2.24, 2.45) is 5.73 Å². The van der Waals surface area contributed by atoms with Crippen LogP contribution >= 0.6 is 0 Å². The molecular weight excluding hydrogens is 617 g/mol. The van der Waals surface area contributed by atoms with E-state index in [1.807, 2.05) is 0 Å². The van der Waals surface area contributed by atoms with Crippen molar-refractivity contribution in [2.45, 2.75) is 39.2 Å². The summed E-state index contributed by atoms with van der Waals surface area (Å²) in [6.45, 7) is 3.80. The highest BCUT2D eigenvalue weighted by Gasteiger charge is 2.29. The lowest BCUT2D eigenvalue weighted by molar-refractivity contribution is -0.141. The van der Waals surface area contributed by atoms with Gasteiger partial charge < -0.3 is 34.2 Å². The molecule has 47 heavy (non-hydrogen) atoms. The number of rotatable bonds is 15. The Bertz CT molecular complexity index is 1680. The number of ether oxygens (including phenoxy) is 6. The van der Waals surface area contributed by atoms with Crippen LogP contribution in [-0.4, -0.2) is 75.9 Å². The Morgan fingerprint density at radius 2 is 1.77 bits per heavy atom. The third-order valence-electron chi connectivity index (χ3n) is 6.35. The van der Waals surface area contributed by atoms with E-state index in [-0.39, 0.29) is 60.3 Å². The number of carbonyl (C=O) groups excluding carboxylic acids is 2. The average Bonchev–Trinajstić information content (AvgIpc) is 3.46. The fourth-order valence-electron chi connectivity index (χ4n) is 4.24. The number of nitrogens with two attached hydrogens (primary N) is 1. The first kappa shape index (κ1) is 34.1. The number of nitrogens with zero attached hydrogens (tertiary/aromatic N) is 5. The van der Waals surface area contributed by atoms with E-state index in [0.717, 1.165) is 5.56 Å². The van der Waals surface area contributed by atoms with Crippen LogP contribution in [0.1, 0.15) is 49.2 Å². The van der Waals surface area contributed by atoms with Crippen LogP contribution in [0.15, 0.2) is 54.9 Å². The van der Waals surface area contributed by atoms with E-state index in [1.165, 1.54) is 43.2 Å².